The van der Waals surface area contributed by atoms with Gasteiger partial charge in [0.2, 0.25) is 0 Å². The summed E-state index contributed by atoms with van der Waals surface area (Å²) >= 11 is 0. The molecule has 1 fully saturated rings. The van der Waals surface area contributed by atoms with E-state index >= 15 is 0 Å². The summed E-state index contributed by atoms with van der Waals surface area (Å²) in [6.45, 7) is 2.71. The SMILES string of the molecule is CN=C(NCC1CCCN1C)N(C)Cc1cccc(F)c1. The molecule has 1 unspecified atom stereocenters. The van der Waals surface area contributed by atoms with E-state index in [1.165, 1.54) is 25.5 Å². The first-order valence-corrected chi connectivity index (χ1v) is 7.46. The van der Waals surface area contributed by atoms with E-state index in [9.17, 15) is 4.39 Å². The summed E-state index contributed by atoms with van der Waals surface area (Å²) in [6.07, 6.45) is 2.49. The third-order valence-electron chi connectivity index (χ3n) is 4.05. The van der Waals surface area contributed by atoms with Gasteiger partial charge in [0.25, 0.3) is 0 Å². The Labute approximate surface area is 126 Å². The number of aliphatic imine (C=N–C) groups is 1. The molecule has 1 aromatic rings. The first-order valence-electron chi connectivity index (χ1n) is 7.46. The van der Waals surface area contributed by atoms with Gasteiger partial charge in [-0.1, -0.05) is 12.1 Å². The van der Waals surface area contributed by atoms with Crippen molar-refractivity contribution in [3.8, 4) is 0 Å². The molecule has 0 aromatic heterocycles. The number of hydrogen-bond donors (Lipinski definition) is 1. The zero-order chi connectivity index (χ0) is 15.2. The molecular formula is C16H25FN4. The molecule has 0 aliphatic carbocycles. The average molecular weight is 292 g/mol. The Hall–Kier alpha value is -1.62. The second kappa shape index (κ2) is 7.41. The van der Waals surface area contributed by atoms with Crippen molar-refractivity contribution in [2.24, 2.45) is 4.99 Å². The van der Waals surface area contributed by atoms with E-state index in [0.29, 0.717) is 12.6 Å². The molecule has 0 bridgehead atoms. The summed E-state index contributed by atoms with van der Waals surface area (Å²) in [6, 6.07) is 7.27. The van der Waals surface area contributed by atoms with E-state index in [1.54, 1.807) is 19.2 Å². The third-order valence-corrected chi connectivity index (χ3v) is 4.05. The maximum atomic E-state index is 13.2. The van der Waals surface area contributed by atoms with Crippen molar-refractivity contribution in [2.75, 3.05) is 34.2 Å². The molecule has 0 spiro atoms. The van der Waals surface area contributed by atoms with Crippen LogP contribution in [0.1, 0.15) is 18.4 Å². The van der Waals surface area contributed by atoms with Crippen LogP contribution in [0.3, 0.4) is 0 Å². The van der Waals surface area contributed by atoms with Crippen LogP contribution in [0.4, 0.5) is 4.39 Å². The molecule has 1 heterocycles. The van der Waals surface area contributed by atoms with Crippen molar-refractivity contribution in [2.45, 2.75) is 25.4 Å². The number of halogens is 1. The molecule has 2 rings (SSSR count). The Kier molecular flexibility index (Phi) is 5.56. The highest BCUT2D eigenvalue weighted by Gasteiger charge is 2.21. The minimum atomic E-state index is -0.198. The lowest BCUT2D eigenvalue weighted by molar-refractivity contribution is 0.306. The summed E-state index contributed by atoms with van der Waals surface area (Å²) in [4.78, 5) is 8.71. The van der Waals surface area contributed by atoms with Crippen LogP contribution in [0.25, 0.3) is 0 Å². The highest BCUT2D eigenvalue weighted by atomic mass is 19.1. The zero-order valence-electron chi connectivity index (χ0n) is 13.1. The molecule has 1 aliphatic rings. The van der Waals surface area contributed by atoms with Gasteiger partial charge >= 0.3 is 0 Å². The molecule has 1 saturated heterocycles. The molecule has 0 radical (unpaired) electrons. The van der Waals surface area contributed by atoms with Gasteiger partial charge in [-0.3, -0.25) is 4.99 Å². The fourth-order valence-corrected chi connectivity index (χ4v) is 2.82. The first kappa shape index (κ1) is 15.8. The van der Waals surface area contributed by atoms with Crippen molar-refractivity contribution >= 4 is 5.96 Å². The summed E-state index contributed by atoms with van der Waals surface area (Å²) in [7, 11) is 5.92. The predicted molar refractivity (Wildman–Crippen MR) is 84.9 cm³/mol. The van der Waals surface area contributed by atoms with Gasteiger partial charge in [0, 0.05) is 33.2 Å². The van der Waals surface area contributed by atoms with Crippen molar-refractivity contribution in [3.05, 3.63) is 35.6 Å². The van der Waals surface area contributed by atoms with E-state index in [0.717, 1.165) is 18.1 Å². The second-order valence-corrected chi connectivity index (χ2v) is 5.69. The molecule has 0 saturated carbocycles. The van der Waals surface area contributed by atoms with Gasteiger partial charge in [0.05, 0.1) is 0 Å². The lowest BCUT2D eigenvalue weighted by atomic mass is 10.2. The van der Waals surface area contributed by atoms with Crippen LogP contribution >= 0.6 is 0 Å². The summed E-state index contributed by atoms with van der Waals surface area (Å²) < 4.78 is 13.2. The Bertz CT molecular complexity index is 489. The average Bonchev–Trinajstić information content (AvgIpc) is 2.85. The Morgan fingerprint density at radius 2 is 2.33 bits per heavy atom. The zero-order valence-corrected chi connectivity index (χ0v) is 13.1. The number of hydrogen-bond acceptors (Lipinski definition) is 2. The largest absolute Gasteiger partial charge is 0.355 e. The number of benzene rings is 1. The first-order chi connectivity index (χ1) is 10.1. The van der Waals surface area contributed by atoms with E-state index in [2.05, 4.69) is 22.3 Å². The molecule has 5 heteroatoms. The smallest absolute Gasteiger partial charge is 0.193 e. The highest BCUT2D eigenvalue weighted by molar-refractivity contribution is 5.79. The molecule has 1 aromatic carbocycles. The molecule has 21 heavy (non-hydrogen) atoms. The minimum absolute atomic E-state index is 0.198. The fourth-order valence-electron chi connectivity index (χ4n) is 2.82. The van der Waals surface area contributed by atoms with Gasteiger partial charge in [-0.15, -0.1) is 0 Å². The number of nitrogens with zero attached hydrogens (tertiary/aromatic N) is 3. The standard InChI is InChI=1S/C16H25FN4/c1-18-16(19-11-15-8-5-9-20(15)2)21(3)12-13-6-4-7-14(17)10-13/h4,6-7,10,15H,5,8-9,11-12H2,1-3H3,(H,18,19). The summed E-state index contributed by atoms with van der Waals surface area (Å²) in [5, 5.41) is 3.42. The Morgan fingerprint density at radius 3 is 2.95 bits per heavy atom. The lowest BCUT2D eigenvalue weighted by Gasteiger charge is -2.25. The molecule has 1 atom stereocenters. The van der Waals surface area contributed by atoms with Gasteiger partial charge in [-0.25, -0.2) is 4.39 Å². The van der Waals surface area contributed by atoms with Crippen LogP contribution in [0.15, 0.2) is 29.3 Å². The monoisotopic (exact) mass is 292 g/mol. The van der Waals surface area contributed by atoms with Crippen LogP contribution in [-0.4, -0.2) is 56.0 Å². The maximum absolute atomic E-state index is 13.2. The summed E-state index contributed by atoms with van der Waals surface area (Å²) in [5.74, 6) is 0.649. The van der Waals surface area contributed by atoms with Crippen molar-refractivity contribution in [3.63, 3.8) is 0 Å². The van der Waals surface area contributed by atoms with Gasteiger partial charge in [-0.05, 0) is 44.1 Å². The number of guanidine groups is 1. The Morgan fingerprint density at radius 1 is 1.52 bits per heavy atom. The summed E-state index contributed by atoms with van der Waals surface area (Å²) in [5.41, 5.74) is 0.943. The Balaban J connectivity index is 1.88. The van der Waals surface area contributed by atoms with Crippen molar-refractivity contribution in [1.82, 2.24) is 15.1 Å². The van der Waals surface area contributed by atoms with Gasteiger partial charge < -0.3 is 15.1 Å². The predicted octanol–water partition coefficient (Wildman–Crippen LogP) is 1.93. The fraction of sp³-hybridized carbons (Fsp3) is 0.562. The molecule has 4 nitrogen and oxygen atoms in total. The molecule has 1 N–H and O–H groups in total. The van der Waals surface area contributed by atoms with Crippen LogP contribution in [0, 0.1) is 5.82 Å². The topological polar surface area (TPSA) is 30.9 Å². The van der Waals surface area contributed by atoms with E-state index in [1.807, 2.05) is 18.0 Å². The van der Waals surface area contributed by atoms with Crippen LogP contribution in [-0.2, 0) is 6.54 Å². The van der Waals surface area contributed by atoms with E-state index < -0.39 is 0 Å². The lowest BCUT2D eigenvalue weighted by Crippen LogP contribution is -2.44. The number of rotatable bonds is 4. The van der Waals surface area contributed by atoms with Gasteiger partial charge in [0.15, 0.2) is 5.96 Å². The van der Waals surface area contributed by atoms with Crippen LogP contribution < -0.4 is 5.32 Å². The van der Waals surface area contributed by atoms with E-state index in [-0.39, 0.29) is 5.82 Å². The molecule has 1 aliphatic heterocycles. The van der Waals surface area contributed by atoms with Gasteiger partial charge in [0.1, 0.15) is 5.82 Å². The van der Waals surface area contributed by atoms with Crippen molar-refractivity contribution < 1.29 is 4.39 Å². The number of likely N-dealkylation sites (tertiary alicyclic amines) is 1. The normalized spacial score (nSPS) is 19.8. The van der Waals surface area contributed by atoms with E-state index in [4.69, 9.17) is 0 Å². The van der Waals surface area contributed by atoms with Crippen molar-refractivity contribution in [1.29, 1.82) is 0 Å². The molecular weight excluding hydrogens is 267 g/mol. The molecule has 116 valence electrons. The minimum Gasteiger partial charge on any atom is -0.355 e. The highest BCUT2D eigenvalue weighted by Crippen LogP contribution is 2.13. The number of likely N-dealkylation sites (N-methyl/N-ethyl adjacent to an activating group) is 1. The maximum Gasteiger partial charge on any atom is 0.193 e. The quantitative estimate of drug-likeness (QED) is 0.679. The second-order valence-electron chi connectivity index (χ2n) is 5.69. The molecule has 0 amide bonds. The van der Waals surface area contributed by atoms with Crippen LogP contribution in [0.5, 0.6) is 0 Å². The number of nitrogens with one attached hydrogen (secondary N) is 1. The third kappa shape index (κ3) is 4.43. The van der Waals surface area contributed by atoms with Crippen LogP contribution in [0.2, 0.25) is 0 Å². The van der Waals surface area contributed by atoms with Gasteiger partial charge in [-0.2, -0.15) is 0 Å².